The monoisotopic (exact) mass is 273 g/mol. The Labute approximate surface area is 119 Å². The fraction of sp³-hybridized carbons (Fsp3) is 0.294. The summed E-state index contributed by atoms with van der Waals surface area (Å²) in [4.78, 5) is 0. The van der Waals surface area contributed by atoms with Gasteiger partial charge >= 0.3 is 0 Å². The number of ether oxygens (including phenoxy) is 1. The topological polar surface area (TPSA) is 35.2 Å². The molecule has 20 heavy (non-hydrogen) atoms. The van der Waals surface area contributed by atoms with Crippen LogP contribution < -0.4 is 10.5 Å². The third-order valence-electron chi connectivity index (χ3n) is 3.37. The number of hydrogen-bond acceptors (Lipinski definition) is 2. The molecule has 0 fully saturated rings. The smallest absolute Gasteiger partial charge is 0.152 e. The standard InChI is InChI=1S/C17H20FNO/c1-11(2)15-8-7-14(9-12(15)3)20-10-13-5-4-6-16(19)17(13)18/h4-9,11H,10,19H2,1-3H3. The summed E-state index contributed by atoms with van der Waals surface area (Å²) in [6, 6.07) is 10.9. The van der Waals surface area contributed by atoms with Gasteiger partial charge in [0.05, 0.1) is 5.69 Å². The molecule has 0 heterocycles. The van der Waals surface area contributed by atoms with Gasteiger partial charge in [0.1, 0.15) is 12.4 Å². The Kier molecular flexibility index (Phi) is 4.28. The van der Waals surface area contributed by atoms with Gasteiger partial charge < -0.3 is 10.5 Å². The molecule has 0 saturated heterocycles. The van der Waals surface area contributed by atoms with Crippen molar-refractivity contribution in [3.63, 3.8) is 0 Å². The van der Waals surface area contributed by atoms with Gasteiger partial charge in [-0.15, -0.1) is 0 Å². The zero-order valence-electron chi connectivity index (χ0n) is 12.1. The lowest BCUT2D eigenvalue weighted by Gasteiger charge is -2.13. The Morgan fingerprint density at radius 3 is 2.60 bits per heavy atom. The molecular formula is C17H20FNO. The van der Waals surface area contributed by atoms with Crippen LogP contribution >= 0.6 is 0 Å². The highest BCUT2D eigenvalue weighted by molar-refractivity contribution is 5.43. The maximum absolute atomic E-state index is 13.7. The van der Waals surface area contributed by atoms with Crippen molar-refractivity contribution in [1.29, 1.82) is 0 Å². The van der Waals surface area contributed by atoms with Crippen molar-refractivity contribution in [3.8, 4) is 5.75 Å². The maximum atomic E-state index is 13.7. The number of nitrogens with two attached hydrogens (primary N) is 1. The number of halogens is 1. The molecule has 2 nitrogen and oxygen atoms in total. The summed E-state index contributed by atoms with van der Waals surface area (Å²) in [7, 11) is 0. The predicted molar refractivity (Wildman–Crippen MR) is 80.4 cm³/mol. The Bertz CT molecular complexity index is 608. The van der Waals surface area contributed by atoms with Crippen LogP contribution in [0.15, 0.2) is 36.4 Å². The van der Waals surface area contributed by atoms with Crippen LogP contribution in [-0.2, 0) is 6.61 Å². The average molecular weight is 273 g/mol. The van der Waals surface area contributed by atoms with Crippen LogP contribution in [0.1, 0.15) is 36.5 Å². The molecule has 2 aromatic rings. The van der Waals surface area contributed by atoms with E-state index in [1.54, 1.807) is 18.2 Å². The Hall–Kier alpha value is -2.03. The summed E-state index contributed by atoms with van der Waals surface area (Å²) in [6.07, 6.45) is 0. The van der Waals surface area contributed by atoms with E-state index in [1.165, 1.54) is 11.1 Å². The molecule has 2 N–H and O–H groups in total. The number of aryl methyl sites for hydroxylation is 1. The molecule has 3 heteroatoms. The third kappa shape index (κ3) is 3.10. The fourth-order valence-corrected chi connectivity index (χ4v) is 2.26. The Balaban J connectivity index is 2.11. The minimum atomic E-state index is -0.400. The number of anilines is 1. The fourth-order valence-electron chi connectivity index (χ4n) is 2.26. The lowest BCUT2D eigenvalue weighted by Crippen LogP contribution is -2.02. The highest BCUT2D eigenvalue weighted by Gasteiger charge is 2.08. The zero-order chi connectivity index (χ0) is 14.7. The van der Waals surface area contributed by atoms with Crippen LogP contribution in [-0.4, -0.2) is 0 Å². The minimum Gasteiger partial charge on any atom is -0.489 e. The van der Waals surface area contributed by atoms with Crippen molar-refractivity contribution < 1.29 is 9.13 Å². The van der Waals surface area contributed by atoms with Crippen LogP contribution in [0.3, 0.4) is 0 Å². The van der Waals surface area contributed by atoms with Gasteiger partial charge in [0.25, 0.3) is 0 Å². The number of benzene rings is 2. The summed E-state index contributed by atoms with van der Waals surface area (Å²) in [6.45, 7) is 6.55. The molecule has 2 rings (SSSR count). The molecule has 106 valence electrons. The van der Waals surface area contributed by atoms with Gasteiger partial charge in [0.2, 0.25) is 0 Å². The van der Waals surface area contributed by atoms with E-state index < -0.39 is 5.82 Å². The predicted octanol–water partition coefficient (Wildman–Crippen LogP) is 4.42. The second kappa shape index (κ2) is 5.95. The molecule has 0 aliphatic heterocycles. The normalized spacial score (nSPS) is 10.8. The first kappa shape index (κ1) is 14.4. The van der Waals surface area contributed by atoms with Crippen molar-refractivity contribution in [2.45, 2.75) is 33.3 Å². The first-order chi connectivity index (χ1) is 9.49. The van der Waals surface area contributed by atoms with E-state index in [9.17, 15) is 4.39 Å². The zero-order valence-corrected chi connectivity index (χ0v) is 12.1. The highest BCUT2D eigenvalue weighted by Crippen LogP contribution is 2.24. The van der Waals surface area contributed by atoms with E-state index in [4.69, 9.17) is 10.5 Å². The van der Waals surface area contributed by atoms with Crippen LogP contribution in [0.2, 0.25) is 0 Å². The summed E-state index contributed by atoms with van der Waals surface area (Å²) in [5.41, 5.74) is 8.64. The van der Waals surface area contributed by atoms with E-state index in [0.717, 1.165) is 5.75 Å². The van der Waals surface area contributed by atoms with Crippen LogP contribution in [0.25, 0.3) is 0 Å². The Morgan fingerprint density at radius 2 is 1.95 bits per heavy atom. The largest absolute Gasteiger partial charge is 0.489 e. The van der Waals surface area contributed by atoms with E-state index >= 15 is 0 Å². The molecule has 2 aromatic carbocycles. The quantitative estimate of drug-likeness (QED) is 0.837. The third-order valence-corrected chi connectivity index (χ3v) is 3.37. The van der Waals surface area contributed by atoms with E-state index in [1.807, 2.05) is 12.1 Å². The van der Waals surface area contributed by atoms with Crippen molar-refractivity contribution in [2.75, 3.05) is 5.73 Å². The molecule has 0 spiro atoms. The van der Waals surface area contributed by atoms with Gasteiger partial charge in [-0.05, 0) is 42.2 Å². The van der Waals surface area contributed by atoms with Gasteiger partial charge in [0.15, 0.2) is 5.82 Å². The maximum Gasteiger partial charge on any atom is 0.152 e. The van der Waals surface area contributed by atoms with Crippen molar-refractivity contribution in [2.24, 2.45) is 0 Å². The van der Waals surface area contributed by atoms with Gasteiger partial charge in [0, 0.05) is 5.56 Å². The molecule has 0 radical (unpaired) electrons. The molecule has 0 aromatic heterocycles. The lowest BCUT2D eigenvalue weighted by molar-refractivity contribution is 0.300. The van der Waals surface area contributed by atoms with Crippen molar-refractivity contribution in [3.05, 3.63) is 58.9 Å². The van der Waals surface area contributed by atoms with Crippen molar-refractivity contribution >= 4 is 5.69 Å². The molecule has 0 atom stereocenters. The molecule has 0 bridgehead atoms. The van der Waals surface area contributed by atoms with Crippen LogP contribution in [0, 0.1) is 12.7 Å². The van der Waals surface area contributed by atoms with Crippen LogP contribution in [0.5, 0.6) is 5.75 Å². The van der Waals surface area contributed by atoms with Gasteiger partial charge in [-0.1, -0.05) is 32.0 Å². The van der Waals surface area contributed by atoms with Gasteiger partial charge in [-0.2, -0.15) is 0 Å². The summed E-state index contributed by atoms with van der Waals surface area (Å²) in [5, 5.41) is 0. The number of rotatable bonds is 4. The van der Waals surface area contributed by atoms with Gasteiger partial charge in [-0.25, -0.2) is 4.39 Å². The SMILES string of the molecule is Cc1cc(OCc2cccc(N)c2F)ccc1C(C)C. The summed E-state index contributed by atoms with van der Waals surface area (Å²) in [5.74, 6) is 0.826. The Morgan fingerprint density at radius 1 is 1.20 bits per heavy atom. The molecule has 0 aliphatic carbocycles. The molecule has 0 amide bonds. The average Bonchev–Trinajstić information content (AvgIpc) is 2.40. The molecule has 0 aliphatic rings. The summed E-state index contributed by atoms with van der Waals surface area (Å²) < 4.78 is 19.4. The summed E-state index contributed by atoms with van der Waals surface area (Å²) >= 11 is 0. The molecule has 0 saturated carbocycles. The lowest BCUT2D eigenvalue weighted by atomic mass is 9.98. The number of nitrogen functional groups attached to an aromatic ring is 1. The first-order valence-electron chi connectivity index (χ1n) is 6.75. The molecular weight excluding hydrogens is 253 g/mol. The first-order valence-corrected chi connectivity index (χ1v) is 6.75. The molecule has 0 unspecified atom stereocenters. The van der Waals surface area contributed by atoms with E-state index in [-0.39, 0.29) is 12.3 Å². The van der Waals surface area contributed by atoms with E-state index in [2.05, 4.69) is 26.8 Å². The van der Waals surface area contributed by atoms with Crippen molar-refractivity contribution in [1.82, 2.24) is 0 Å². The number of hydrogen-bond donors (Lipinski definition) is 1. The minimum absolute atomic E-state index is 0.150. The van der Waals surface area contributed by atoms with E-state index in [0.29, 0.717) is 11.5 Å². The van der Waals surface area contributed by atoms with Gasteiger partial charge in [-0.3, -0.25) is 0 Å². The second-order valence-electron chi connectivity index (χ2n) is 5.28. The highest BCUT2D eigenvalue weighted by atomic mass is 19.1. The van der Waals surface area contributed by atoms with Crippen LogP contribution in [0.4, 0.5) is 10.1 Å². The second-order valence-corrected chi connectivity index (χ2v) is 5.28.